The second-order valence-corrected chi connectivity index (χ2v) is 6.96. The van der Waals surface area contributed by atoms with Crippen molar-refractivity contribution in [1.82, 2.24) is 9.62 Å². The molecule has 0 aliphatic carbocycles. The van der Waals surface area contributed by atoms with Gasteiger partial charge in [-0.1, -0.05) is 0 Å². The van der Waals surface area contributed by atoms with Crippen molar-refractivity contribution >= 4 is 16.1 Å². The van der Waals surface area contributed by atoms with E-state index in [1.54, 1.807) is 6.26 Å². The van der Waals surface area contributed by atoms with Crippen molar-refractivity contribution in [3.63, 3.8) is 0 Å². The number of nitrogens with zero attached hydrogens (tertiary/aromatic N) is 1. The minimum atomic E-state index is -3.64. The summed E-state index contributed by atoms with van der Waals surface area (Å²) >= 11 is 0. The fraction of sp³-hybridized carbons (Fsp3) is 0.615. The van der Waals surface area contributed by atoms with Gasteiger partial charge in [0.05, 0.1) is 6.26 Å². The monoisotopic (exact) mass is 315 g/mol. The van der Waals surface area contributed by atoms with Gasteiger partial charge in [-0.25, -0.2) is 5.14 Å². The molecule has 21 heavy (non-hydrogen) atoms. The Balaban J connectivity index is 1.79. The largest absolute Gasteiger partial charge is 0.469 e. The van der Waals surface area contributed by atoms with Crippen molar-refractivity contribution in [2.45, 2.75) is 32.2 Å². The first-order valence-corrected chi connectivity index (χ1v) is 8.47. The van der Waals surface area contributed by atoms with Gasteiger partial charge in [0, 0.05) is 31.5 Å². The number of nitrogens with one attached hydrogen (secondary N) is 1. The maximum Gasteiger partial charge on any atom is 0.276 e. The third kappa shape index (κ3) is 4.55. The number of amides is 1. The Morgan fingerprint density at radius 2 is 2.19 bits per heavy atom. The summed E-state index contributed by atoms with van der Waals surface area (Å²) in [6.07, 6.45) is 3.23. The van der Waals surface area contributed by atoms with E-state index in [1.165, 1.54) is 4.31 Å². The highest BCUT2D eigenvalue weighted by Gasteiger charge is 2.29. The average molecular weight is 315 g/mol. The van der Waals surface area contributed by atoms with Crippen LogP contribution in [0.4, 0.5) is 0 Å². The van der Waals surface area contributed by atoms with E-state index >= 15 is 0 Å². The van der Waals surface area contributed by atoms with Crippen LogP contribution in [-0.4, -0.2) is 37.8 Å². The first-order valence-electron chi connectivity index (χ1n) is 6.97. The zero-order valence-electron chi connectivity index (χ0n) is 12.0. The Labute approximate surface area is 124 Å². The number of carbonyl (C=O) groups is 1. The van der Waals surface area contributed by atoms with Crippen LogP contribution in [0.25, 0.3) is 0 Å². The van der Waals surface area contributed by atoms with Gasteiger partial charge >= 0.3 is 0 Å². The summed E-state index contributed by atoms with van der Waals surface area (Å²) in [5, 5.41) is 8.02. The fourth-order valence-corrected chi connectivity index (χ4v) is 3.23. The number of nitrogens with two attached hydrogens (primary N) is 1. The van der Waals surface area contributed by atoms with Gasteiger partial charge in [0.1, 0.15) is 5.76 Å². The quantitative estimate of drug-likeness (QED) is 0.812. The lowest BCUT2D eigenvalue weighted by Crippen LogP contribution is -2.46. The van der Waals surface area contributed by atoms with Crippen LogP contribution in [0.5, 0.6) is 0 Å². The third-order valence-electron chi connectivity index (χ3n) is 3.66. The number of furan rings is 1. The van der Waals surface area contributed by atoms with Crippen molar-refractivity contribution < 1.29 is 17.6 Å². The summed E-state index contributed by atoms with van der Waals surface area (Å²) in [6, 6.07) is 3.65. The molecule has 2 heterocycles. The van der Waals surface area contributed by atoms with Crippen molar-refractivity contribution in [2.24, 2.45) is 11.1 Å². The first-order chi connectivity index (χ1) is 9.86. The van der Waals surface area contributed by atoms with Crippen LogP contribution < -0.4 is 10.5 Å². The zero-order valence-corrected chi connectivity index (χ0v) is 12.8. The highest BCUT2D eigenvalue weighted by atomic mass is 32.2. The second-order valence-electron chi connectivity index (χ2n) is 5.41. The van der Waals surface area contributed by atoms with Crippen molar-refractivity contribution in [1.29, 1.82) is 0 Å². The Bertz CT molecular complexity index is 562. The topological polar surface area (TPSA) is 106 Å². The van der Waals surface area contributed by atoms with Crippen LogP contribution in [0, 0.1) is 5.92 Å². The molecule has 0 radical (unpaired) electrons. The molecule has 1 atom stereocenters. The standard InChI is InChI=1S/C13H21N3O4S/c1-10(9-12-3-2-8-20-12)15-13(17)11-4-6-16(7-5-11)21(14,18)19/h2-3,8,10-11H,4-7,9H2,1H3,(H,15,17)(H2,14,18,19)/t10-/m1/s1. The van der Waals surface area contributed by atoms with E-state index in [-0.39, 0.29) is 17.9 Å². The number of rotatable bonds is 5. The SMILES string of the molecule is C[C@H](Cc1ccco1)NC(=O)C1CCN(S(N)(=O)=O)CC1. The molecular weight excluding hydrogens is 294 g/mol. The summed E-state index contributed by atoms with van der Waals surface area (Å²) in [5.41, 5.74) is 0. The molecule has 3 N–H and O–H groups in total. The molecular formula is C13H21N3O4S. The summed E-state index contributed by atoms with van der Waals surface area (Å²) in [6.45, 7) is 2.51. The van der Waals surface area contributed by atoms with Crippen LogP contribution in [-0.2, 0) is 21.4 Å². The minimum absolute atomic E-state index is 0.0279. The molecule has 1 fully saturated rings. The fourth-order valence-electron chi connectivity index (χ4n) is 2.51. The maximum atomic E-state index is 12.2. The lowest BCUT2D eigenvalue weighted by atomic mass is 9.96. The smallest absolute Gasteiger partial charge is 0.276 e. The molecule has 0 saturated carbocycles. The summed E-state index contributed by atoms with van der Waals surface area (Å²) in [7, 11) is -3.64. The molecule has 0 unspecified atom stereocenters. The molecule has 1 aromatic heterocycles. The van der Waals surface area contributed by atoms with E-state index in [0.29, 0.717) is 32.4 Å². The highest BCUT2D eigenvalue weighted by molar-refractivity contribution is 7.86. The molecule has 1 aliphatic heterocycles. The lowest BCUT2D eigenvalue weighted by Gasteiger charge is -2.29. The molecule has 1 saturated heterocycles. The summed E-state index contributed by atoms with van der Waals surface area (Å²) in [5.74, 6) is 0.622. The van der Waals surface area contributed by atoms with Gasteiger partial charge in [0.15, 0.2) is 0 Å². The Hall–Kier alpha value is -1.38. The van der Waals surface area contributed by atoms with E-state index in [2.05, 4.69) is 5.32 Å². The maximum absolute atomic E-state index is 12.2. The molecule has 8 heteroatoms. The lowest BCUT2D eigenvalue weighted by molar-refractivity contribution is -0.126. The number of hydrogen-bond donors (Lipinski definition) is 2. The zero-order chi connectivity index (χ0) is 15.5. The second kappa shape index (κ2) is 6.59. The molecule has 1 amide bonds. The summed E-state index contributed by atoms with van der Waals surface area (Å²) in [4.78, 5) is 12.2. The molecule has 0 spiro atoms. The predicted molar refractivity (Wildman–Crippen MR) is 77.4 cm³/mol. The van der Waals surface area contributed by atoms with Crippen LogP contribution in [0.3, 0.4) is 0 Å². The van der Waals surface area contributed by atoms with Gasteiger partial charge in [0.2, 0.25) is 5.91 Å². The van der Waals surface area contributed by atoms with Gasteiger partial charge in [0.25, 0.3) is 10.2 Å². The van der Waals surface area contributed by atoms with Gasteiger partial charge in [-0.15, -0.1) is 0 Å². The van der Waals surface area contributed by atoms with E-state index in [9.17, 15) is 13.2 Å². The van der Waals surface area contributed by atoms with Gasteiger partial charge in [-0.3, -0.25) is 4.79 Å². The predicted octanol–water partition coefficient (Wildman–Crippen LogP) is 0.242. The van der Waals surface area contributed by atoms with Crippen molar-refractivity contribution in [2.75, 3.05) is 13.1 Å². The van der Waals surface area contributed by atoms with Crippen molar-refractivity contribution in [3.8, 4) is 0 Å². The van der Waals surface area contributed by atoms with Crippen LogP contribution in [0.2, 0.25) is 0 Å². The number of piperidine rings is 1. The van der Waals surface area contributed by atoms with Crippen LogP contribution >= 0.6 is 0 Å². The van der Waals surface area contributed by atoms with E-state index < -0.39 is 10.2 Å². The van der Waals surface area contributed by atoms with Crippen LogP contribution in [0.15, 0.2) is 22.8 Å². The van der Waals surface area contributed by atoms with Crippen molar-refractivity contribution in [3.05, 3.63) is 24.2 Å². The average Bonchev–Trinajstić information content (AvgIpc) is 2.90. The third-order valence-corrected chi connectivity index (χ3v) is 4.75. The summed E-state index contributed by atoms with van der Waals surface area (Å²) < 4.78 is 28.9. The van der Waals surface area contributed by atoms with Gasteiger partial charge < -0.3 is 9.73 Å². The molecule has 0 aromatic carbocycles. The molecule has 1 aromatic rings. The molecule has 7 nitrogen and oxygen atoms in total. The molecule has 1 aliphatic rings. The van der Waals surface area contributed by atoms with E-state index in [0.717, 1.165) is 5.76 Å². The number of carbonyl (C=O) groups excluding carboxylic acids is 1. The molecule has 0 bridgehead atoms. The Morgan fingerprint density at radius 3 is 2.71 bits per heavy atom. The first kappa shape index (κ1) is 16.0. The van der Waals surface area contributed by atoms with E-state index in [4.69, 9.17) is 9.56 Å². The van der Waals surface area contributed by atoms with Gasteiger partial charge in [-0.05, 0) is 31.9 Å². The van der Waals surface area contributed by atoms with Crippen LogP contribution in [0.1, 0.15) is 25.5 Å². The number of hydrogen-bond acceptors (Lipinski definition) is 4. The molecule has 118 valence electrons. The normalized spacial score (nSPS) is 19.3. The van der Waals surface area contributed by atoms with Gasteiger partial charge in [-0.2, -0.15) is 12.7 Å². The minimum Gasteiger partial charge on any atom is -0.469 e. The highest BCUT2D eigenvalue weighted by Crippen LogP contribution is 2.19. The van der Waals surface area contributed by atoms with E-state index in [1.807, 2.05) is 19.1 Å². The Morgan fingerprint density at radius 1 is 1.52 bits per heavy atom. The Kier molecular flexibility index (Phi) is 5.02. The molecule has 2 rings (SSSR count).